The van der Waals surface area contributed by atoms with E-state index in [1.54, 1.807) is 24.3 Å². The van der Waals surface area contributed by atoms with Crippen molar-refractivity contribution >= 4 is 35.0 Å². The first kappa shape index (κ1) is 23.0. The van der Waals surface area contributed by atoms with Crippen molar-refractivity contribution in [3.05, 3.63) is 59.4 Å². The molecule has 0 spiro atoms. The molecule has 0 aromatic heterocycles. The lowest BCUT2D eigenvalue weighted by atomic mass is 9.83. The summed E-state index contributed by atoms with van der Waals surface area (Å²) in [6.45, 7) is 0.436. The number of carboxylic acid groups (broad SMARTS) is 1. The van der Waals surface area contributed by atoms with Crippen LogP contribution < -0.4 is 4.90 Å². The first-order valence-corrected chi connectivity index (χ1v) is 10.6. The van der Waals surface area contributed by atoms with Gasteiger partial charge in [0, 0.05) is 0 Å². The SMILES string of the molecule is O=C(O)COCC1CCC(COC(=O)N(c2ccccc2)c2ccc(F)c(Cl)c2)CC1. The Morgan fingerprint density at radius 1 is 1.00 bits per heavy atom. The lowest BCUT2D eigenvalue weighted by Crippen LogP contribution is -2.30. The van der Waals surface area contributed by atoms with E-state index in [0.29, 0.717) is 23.9 Å². The smallest absolute Gasteiger partial charge is 0.418 e. The van der Waals surface area contributed by atoms with Gasteiger partial charge in [0.05, 0.1) is 29.6 Å². The minimum atomic E-state index is -0.967. The normalized spacial score (nSPS) is 18.4. The van der Waals surface area contributed by atoms with Gasteiger partial charge < -0.3 is 14.6 Å². The number of hydrogen-bond acceptors (Lipinski definition) is 4. The van der Waals surface area contributed by atoms with Crippen LogP contribution in [0.2, 0.25) is 5.02 Å². The van der Waals surface area contributed by atoms with Gasteiger partial charge in [-0.05, 0) is 67.9 Å². The van der Waals surface area contributed by atoms with Crippen molar-refractivity contribution in [2.75, 3.05) is 24.7 Å². The van der Waals surface area contributed by atoms with Crippen LogP contribution in [0.5, 0.6) is 0 Å². The number of ether oxygens (including phenoxy) is 2. The highest BCUT2D eigenvalue weighted by atomic mass is 35.5. The molecule has 6 nitrogen and oxygen atoms in total. The van der Waals surface area contributed by atoms with Gasteiger partial charge in [-0.1, -0.05) is 29.8 Å². The second-order valence-electron chi connectivity index (χ2n) is 7.64. The van der Waals surface area contributed by atoms with Crippen LogP contribution in [-0.2, 0) is 14.3 Å². The van der Waals surface area contributed by atoms with Gasteiger partial charge in [-0.3, -0.25) is 0 Å². The van der Waals surface area contributed by atoms with Crippen molar-refractivity contribution in [2.24, 2.45) is 11.8 Å². The Hall–Kier alpha value is -2.64. The molecule has 166 valence electrons. The van der Waals surface area contributed by atoms with E-state index in [1.807, 2.05) is 6.07 Å². The molecule has 31 heavy (non-hydrogen) atoms. The van der Waals surface area contributed by atoms with Crippen molar-refractivity contribution in [2.45, 2.75) is 25.7 Å². The lowest BCUT2D eigenvalue weighted by molar-refractivity contribution is -0.142. The Bertz CT molecular complexity index is 887. The molecule has 1 saturated carbocycles. The third-order valence-electron chi connectivity index (χ3n) is 5.35. The van der Waals surface area contributed by atoms with Crippen molar-refractivity contribution < 1.29 is 28.6 Å². The highest BCUT2D eigenvalue weighted by Gasteiger charge is 2.25. The number of carbonyl (C=O) groups excluding carboxylic acids is 1. The molecular formula is C23H25ClFNO5. The predicted octanol–water partition coefficient (Wildman–Crippen LogP) is 5.66. The summed E-state index contributed by atoms with van der Waals surface area (Å²) in [5, 5.41) is 8.57. The van der Waals surface area contributed by atoms with E-state index < -0.39 is 17.9 Å². The summed E-state index contributed by atoms with van der Waals surface area (Å²) in [7, 11) is 0. The highest BCUT2D eigenvalue weighted by molar-refractivity contribution is 6.31. The summed E-state index contributed by atoms with van der Waals surface area (Å²) >= 11 is 5.92. The Balaban J connectivity index is 1.58. The van der Waals surface area contributed by atoms with Gasteiger partial charge >= 0.3 is 12.1 Å². The number of carbonyl (C=O) groups is 2. The molecule has 0 radical (unpaired) electrons. The number of benzene rings is 2. The number of rotatable bonds is 8. The Morgan fingerprint density at radius 3 is 2.26 bits per heavy atom. The van der Waals surface area contributed by atoms with Crippen LogP contribution in [0, 0.1) is 17.7 Å². The zero-order valence-corrected chi connectivity index (χ0v) is 17.8. The topological polar surface area (TPSA) is 76.1 Å². The molecule has 0 unspecified atom stereocenters. The van der Waals surface area contributed by atoms with Gasteiger partial charge in [-0.25, -0.2) is 18.9 Å². The molecule has 2 aromatic carbocycles. The van der Waals surface area contributed by atoms with Crippen molar-refractivity contribution in [3.8, 4) is 0 Å². The zero-order valence-electron chi connectivity index (χ0n) is 17.0. The van der Waals surface area contributed by atoms with Crippen LogP contribution in [0.25, 0.3) is 0 Å². The molecule has 1 N–H and O–H groups in total. The van der Waals surface area contributed by atoms with Crippen molar-refractivity contribution in [1.82, 2.24) is 0 Å². The molecule has 3 rings (SSSR count). The van der Waals surface area contributed by atoms with Gasteiger partial charge in [0.2, 0.25) is 0 Å². The van der Waals surface area contributed by atoms with E-state index >= 15 is 0 Å². The fourth-order valence-corrected chi connectivity index (χ4v) is 3.87. The van der Waals surface area contributed by atoms with Crippen LogP contribution in [0.1, 0.15) is 25.7 Å². The molecule has 8 heteroatoms. The third kappa shape index (κ3) is 6.67. The number of carboxylic acids is 1. The van der Waals surface area contributed by atoms with Gasteiger partial charge in [-0.15, -0.1) is 0 Å². The Labute approximate surface area is 185 Å². The maximum atomic E-state index is 13.6. The number of halogens is 2. The highest BCUT2D eigenvalue weighted by Crippen LogP contribution is 2.32. The molecule has 1 fully saturated rings. The van der Waals surface area contributed by atoms with Crippen LogP contribution in [-0.4, -0.2) is 37.0 Å². The average molecular weight is 450 g/mol. The number of nitrogens with zero attached hydrogens (tertiary/aromatic N) is 1. The Morgan fingerprint density at radius 2 is 1.65 bits per heavy atom. The van der Waals surface area contributed by atoms with E-state index in [2.05, 4.69) is 0 Å². The van der Waals surface area contributed by atoms with E-state index in [1.165, 1.54) is 23.1 Å². The predicted molar refractivity (Wildman–Crippen MR) is 115 cm³/mol. The van der Waals surface area contributed by atoms with E-state index in [4.69, 9.17) is 26.2 Å². The summed E-state index contributed by atoms with van der Waals surface area (Å²) in [5.74, 6) is -0.968. The number of anilines is 2. The number of hydrogen-bond donors (Lipinski definition) is 1. The van der Waals surface area contributed by atoms with Crippen LogP contribution >= 0.6 is 11.6 Å². The summed E-state index contributed by atoms with van der Waals surface area (Å²) in [4.78, 5) is 24.8. The molecule has 0 heterocycles. The minimum Gasteiger partial charge on any atom is -0.480 e. The molecule has 1 aliphatic carbocycles. The van der Waals surface area contributed by atoms with Gasteiger partial charge in [0.1, 0.15) is 12.4 Å². The van der Waals surface area contributed by atoms with E-state index in [-0.39, 0.29) is 24.2 Å². The molecule has 0 aliphatic heterocycles. The van der Waals surface area contributed by atoms with Crippen LogP contribution in [0.15, 0.2) is 48.5 Å². The molecule has 1 amide bonds. The van der Waals surface area contributed by atoms with Crippen molar-refractivity contribution in [1.29, 1.82) is 0 Å². The maximum Gasteiger partial charge on any atom is 0.418 e. The monoisotopic (exact) mass is 449 g/mol. The first-order chi connectivity index (χ1) is 14.9. The second-order valence-corrected chi connectivity index (χ2v) is 8.05. The number of aliphatic carboxylic acids is 1. The quantitative estimate of drug-likeness (QED) is 0.562. The molecule has 2 aromatic rings. The second kappa shape index (κ2) is 11.1. The first-order valence-electron chi connectivity index (χ1n) is 10.2. The van der Waals surface area contributed by atoms with Gasteiger partial charge in [-0.2, -0.15) is 0 Å². The van der Waals surface area contributed by atoms with Gasteiger partial charge in [0.25, 0.3) is 0 Å². The maximum absolute atomic E-state index is 13.6. The fraction of sp³-hybridized carbons (Fsp3) is 0.391. The van der Waals surface area contributed by atoms with E-state index in [9.17, 15) is 14.0 Å². The summed E-state index contributed by atoms with van der Waals surface area (Å²) in [5.41, 5.74) is 1.01. The Kier molecular flexibility index (Phi) is 8.26. The van der Waals surface area contributed by atoms with Crippen molar-refractivity contribution in [3.63, 3.8) is 0 Å². The lowest BCUT2D eigenvalue weighted by Gasteiger charge is -2.29. The molecule has 1 aliphatic rings. The molecular weight excluding hydrogens is 425 g/mol. The number of para-hydroxylation sites is 1. The standard InChI is InChI=1S/C23H25ClFNO5/c24-20-12-19(10-11-21(20)25)26(18-4-2-1-3-5-18)23(29)31-14-17-8-6-16(7-9-17)13-30-15-22(27)28/h1-5,10-12,16-17H,6-9,13-15H2,(H,27,28). The molecule has 0 atom stereocenters. The van der Waals surface area contributed by atoms with Crippen LogP contribution in [0.4, 0.5) is 20.6 Å². The minimum absolute atomic E-state index is 0.0744. The zero-order chi connectivity index (χ0) is 22.2. The summed E-state index contributed by atoms with van der Waals surface area (Å²) in [6.07, 6.45) is 3.00. The summed E-state index contributed by atoms with van der Waals surface area (Å²) < 4.78 is 24.4. The largest absolute Gasteiger partial charge is 0.480 e. The van der Waals surface area contributed by atoms with E-state index in [0.717, 1.165) is 25.7 Å². The molecule has 0 bridgehead atoms. The van der Waals surface area contributed by atoms with Gasteiger partial charge in [0.15, 0.2) is 0 Å². The fourth-order valence-electron chi connectivity index (χ4n) is 3.69. The van der Waals surface area contributed by atoms with Crippen LogP contribution in [0.3, 0.4) is 0 Å². The third-order valence-corrected chi connectivity index (χ3v) is 5.64. The molecule has 0 saturated heterocycles. The number of amides is 1. The average Bonchev–Trinajstić information content (AvgIpc) is 2.76. The summed E-state index contributed by atoms with van der Waals surface area (Å²) in [6, 6.07) is 13.1.